The summed E-state index contributed by atoms with van der Waals surface area (Å²) in [6.07, 6.45) is 11.6. The first-order valence-electron chi connectivity index (χ1n) is 12.6. The number of methoxy groups -OCH3 is 2. The van der Waals surface area contributed by atoms with Crippen LogP contribution in [0, 0.1) is 5.92 Å². The molecule has 1 aromatic heterocycles. The number of hydrogen-bond acceptors (Lipinski definition) is 6. The van der Waals surface area contributed by atoms with Crippen molar-refractivity contribution in [1.82, 2.24) is 9.47 Å². The Balaban J connectivity index is 2.02. The van der Waals surface area contributed by atoms with E-state index in [1.807, 2.05) is 53.2 Å². The number of rotatable bonds is 9. The van der Waals surface area contributed by atoms with Crippen LogP contribution in [0.1, 0.15) is 32.4 Å². The Morgan fingerprint density at radius 2 is 1.84 bits per heavy atom. The quantitative estimate of drug-likeness (QED) is 0.241. The summed E-state index contributed by atoms with van der Waals surface area (Å²) in [6, 6.07) is 7.43. The highest BCUT2D eigenvalue weighted by Gasteiger charge is 2.37. The summed E-state index contributed by atoms with van der Waals surface area (Å²) in [6.45, 7) is 11.8. The Morgan fingerprint density at radius 3 is 2.49 bits per heavy atom. The second-order valence-corrected chi connectivity index (χ2v) is 15.7. The van der Waals surface area contributed by atoms with Gasteiger partial charge in [-0.2, -0.15) is 0 Å². The predicted molar refractivity (Wildman–Crippen MR) is 149 cm³/mol. The first-order valence-corrected chi connectivity index (χ1v) is 15.5. The number of aromatic nitrogens is 1. The summed E-state index contributed by atoms with van der Waals surface area (Å²) >= 11 is 0. The number of benzene rings is 1. The Kier molecular flexibility index (Phi) is 8.86. The molecule has 0 fully saturated rings. The summed E-state index contributed by atoms with van der Waals surface area (Å²) in [5.74, 6) is -1.17. The summed E-state index contributed by atoms with van der Waals surface area (Å²) in [5.41, 5.74) is 2.87. The normalized spacial score (nSPS) is 17.2. The van der Waals surface area contributed by atoms with E-state index >= 15 is 0 Å². The maximum atomic E-state index is 13.3. The summed E-state index contributed by atoms with van der Waals surface area (Å²) in [7, 11) is 2.77. The number of para-hydroxylation sites is 1. The van der Waals surface area contributed by atoms with Crippen molar-refractivity contribution in [1.29, 1.82) is 0 Å². The topological polar surface area (TPSA) is 70.0 Å². The molecule has 1 aromatic carbocycles. The minimum atomic E-state index is -1.88. The molecule has 2 aromatic rings. The van der Waals surface area contributed by atoms with Gasteiger partial charge in [0.05, 0.1) is 14.2 Å². The minimum absolute atomic E-state index is 0.137. The highest BCUT2D eigenvalue weighted by atomic mass is 28.4. The molecule has 8 heteroatoms. The van der Waals surface area contributed by atoms with Crippen molar-refractivity contribution in [3.05, 3.63) is 72.2 Å². The number of fused-ring (bicyclic) bond motifs is 1. The van der Waals surface area contributed by atoms with Gasteiger partial charge in [-0.15, -0.1) is 0 Å². The first kappa shape index (κ1) is 28.5. The standard InChI is InChI=1S/C29H40N2O5Si/c1-29(2,3)37(7,8)36-18-16-22-20-31(25-12-10-9-11-23(22)25)27(28(33)35-6)24-15-17-30(4)19-21(24)13-14-26(32)34-5/h9-15,17,19-20,24,27H,16,18H2,1-8H3/b14-13+. The Bertz CT molecular complexity index is 1220. The van der Waals surface area contributed by atoms with Crippen molar-refractivity contribution in [2.75, 3.05) is 27.9 Å². The molecule has 200 valence electrons. The van der Waals surface area contributed by atoms with Crippen molar-refractivity contribution < 1.29 is 23.5 Å². The van der Waals surface area contributed by atoms with Gasteiger partial charge in [0.1, 0.15) is 6.04 Å². The molecule has 0 saturated heterocycles. The monoisotopic (exact) mass is 524 g/mol. The third-order valence-corrected chi connectivity index (χ3v) is 12.0. The van der Waals surface area contributed by atoms with Crippen LogP contribution in [0.5, 0.6) is 0 Å². The SMILES string of the molecule is COC(=O)/C=C/C1=CN(C)C=CC1C(C(=O)OC)n1cc(CCO[Si](C)(C)C(C)(C)C)c2ccccc21. The number of carbonyl (C=O) groups excluding carboxylic acids is 2. The van der Waals surface area contributed by atoms with Crippen LogP contribution in [0.3, 0.4) is 0 Å². The zero-order valence-corrected chi connectivity index (χ0v) is 24.3. The van der Waals surface area contributed by atoms with Crippen LogP contribution in [0.4, 0.5) is 0 Å². The molecule has 0 saturated carbocycles. The van der Waals surface area contributed by atoms with Gasteiger partial charge in [-0.05, 0) is 54.0 Å². The van der Waals surface area contributed by atoms with Gasteiger partial charge in [-0.25, -0.2) is 9.59 Å². The lowest BCUT2D eigenvalue weighted by atomic mass is 9.89. The molecule has 0 radical (unpaired) electrons. The predicted octanol–water partition coefficient (Wildman–Crippen LogP) is 5.61. The van der Waals surface area contributed by atoms with E-state index in [1.165, 1.54) is 20.3 Å². The van der Waals surface area contributed by atoms with Crippen molar-refractivity contribution in [3.8, 4) is 0 Å². The van der Waals surface area contributed by atoms with Gasteiger partial charge >= 0.3 is 11.9 Å². The molecule has 2 heterocycles. The third-order valence-electron chi connectivity index (χ3n) is 7.43. The van der Waals surface area contributed by atoms with Gasteiger partial charge in [0.15, 0.2) is 8.32 Å². The summed E-state index contributed by atoms with van der Waals surface area (Å²) < 4.78 is 18.5. The second-order valence-electron chi connectivity index (χ2n) is 10.9. The highest BCUT2D eigenvalue weighted by molar-refractivity contribution is 6.74. The lowest BCUT2D eigenvalue weighted by Crippen LogP contribution is -2.41. The van der Waals surface area contributed by atoms with Crippen molar-refractivity contribution in [2.45, 2.75) is 51.4 Å². The maximum absolute atomic E-state index is 13.3. The fourth-order valence-electron chi connectivity index (χ4n) is 4.27. The van der Waals surface area contributed by atoms with Crippen LogP contribution >= 0.6 is 0 Å². The van der Waals surface area contributed by atoms with E-state index in [4.69, 9.17) is 13.9 Å². The van der Waals surface area contributed by atoms with Gasteiger partial charge in [-0.1, -0.05) is 45.0 Å². The zero-order chi connectivity index (χ0) is 27.4. The number of allylic oxidation sites excluding steroid dienone is 3. The van der Waals surface area contributed by atoms with Crippen LogP contribution in [0.25, 0.3) is 10.9 Å². The molecule has 0 spiro atoms. The molecule has 2 atom stereocenters. The highest BCUT2D eigenvalue weighted by Crippen LogP contribution is 2.38. The van der Waals surface area contributed by atoms with E-state index in [9.17, 15) is 9.59 Å². The molecular weight excluding hydrogens is 484 g/mol. The summed E-state index contributed by atoms with van der Waals surface area (Å²) in [5, 5.41) is 1.22. The number of esters is 2. The lowest BCUT2D eigenvalue weighted by Gasteiger charge is -2.36. The molecule has 1 aliphatic rings. The van der Waals surface area contributed by atoms with E-state index < -0.39 is 20.3 Å². The van der Waals surface area contributed by atoms with Crippen LogP contribution in [0.2, 0.25) is 18.1 Å². The average molecular weight is 525 g/mol. The molecular formula is C29H40N2O5Si. The Morgan fingerprint density at radius 1 is 1.14 bits per heavy atom. The zero-order valence-electron chi connectivity index (χ0n) is 23.3. The van der Waals surface area contributed by atoms with E-state index in [0.717, 1.165) is 28.5 Å². The number of carbonyl (C=O) groups is 2. The first-order chi connectivity index (χ1) is 17.4. The van der Waals surface area contributed by atoms with Gasteiger partial charge in [-0.3, -0.25) is 0 Å². The van der Waals surface area contributed by atoms with Crippen LogP contribution in [-0.2, 0) is 29.9 Å². The molecule has 3 rings (SSSR count). The van der Waals surface area contributed by atoms with Crippen LogP contribution in [-0.4, -0.2) is 57.6 Å². The number of hydrogen-bond donors (Lipinski definition) is 0. The molecule has 7 nitrogen and oxygen atoms in total. The fourth-order valence-corrected chi connectivity index (χ4v) is 5.32. The molecule has 0 amide bonds. The van der Waals surface area contributed by atoms with Crippen molar-refractivity contribution in [3.63, 3.8) is 0 Å². The molecule has 1 aliphatic heterocycles. The third kappa shape index (κ3) is 6.43. The van der Waals surface area contributed by atoms with E-state index in [0.29, 0.717) is 6.61 Å². The lowest BCUT2D eigenvalue weighted by molar-refractivity contribution is -0.145. The number of nitrogens with zero attached hydrogens (tertiary/aromatic N) is 2. The van der Waals surface area contributed by atoms with Crippen molar-refractivity contribution in [2.24, 2.45) is 5.92 Å². The molecule has 0 bridgehead atoms. The van der Waals surface area contributed by atoms with Gasteiger partial charge in [0, 0.05) is 48.9 Å². The maximum Gasteiger partial charge on any atom is 0.330 e. The summed E-state index contributed by atoms with van der Waals surface area (Å²) in [4.78, 5) is 27.0. The molecule has 0 aliphatic carbocycles. The van der Waals surface area contributed by atoms with Gasteiger partial charge < -0.3 is 23.4 Å². The van der Waals surface area contributed by atoms with Crippen LogP contribution < -0.4 is 0 Å². The van der Waals surface area contributed by atoms with Gasteiger partial charge in [0.2, 0.25) is 0 Å². The molecule has 37 heavy (non-hydrogen) atoms. The molecule has 0 N–H and O–H groups in total. The van der Waals surface area contributed by atoms with Crippen molar-refractivity contribution >= 4 is 31.2 Å². The van der Waals surface area contributed by atoms with Crippen LogP contribution in [0.15, 0.2) is 66.7 Å². The minimum Gasteiger partial charge on any atom is -0.467 e. The van der Waals surface area contributed by atoms with E-state index in [-0.39, 0.29) is 16.9 Å². The smallest absolute Gasteiger partial charge is 0.330 e. The molecule has 2 unspecified atom stereocenters. The number of ether oxygens (including phenoxy) is 2. The fraction of sp³-hybridized carbons (Fsp3) is 0.448. The average Bonchev–Trinajstić information content (AvgIpc) is 3.21. The van der Waals surface area contributed by atoms with E-state index in [2.05, 4.69) is 46.1 Å². The van der Waals surface area contributed by atoms with Gasteiger partial charge in [0.25, 0.3) is 0 Å². The van der Waals surface area contributed by atoms with E-state index in [1.54, 1.807) is 6.08 Å². The second kappa shape index (κ2) is 11.5. The Hall–Kier alpha value is -3.10. The largest absolute Gasteiger partial charge is 0.467 e. The Labute approximate surface area is 221 Å².